The molecule has 0 aliphatic carbocycles. The van der Waals surface area contributed by atoms with Gasteiger partial charge in [-0.3, -0.25) is 4.90 Å². The molecule has 0 saturated carbocycles. The zero-order chi connectivity index (χ0) is 18.6. The molecule has 2 amide bonds. The number of carbonyl (C=O) groups is 2. The number of rotatable bonds is 4. The van der Waals surface area contributed by atoms with Gasteiger partial charge in [0.05, 0.1) is 12.6 Å². The molecule has 0 spiro atoms. The molecule has 7 heteroatoms. The molecule has 2 heterocycles. The normalized spacial score (nSPS) is 25.4. The Morgan fingerprint density at radius 2 is 1.96 bits per heavy atom. The average molecular weight is 378 g/mol. The fourth-order valence-corrected chi connectivity index (χ4v) is 5.18. The maximum absolute atomic E-state index is 12.7. The number of amides is 2. The van der Waals surface area contributed by atoms with Gasteiger partial charge in [0.25, 0.3) is 0 Å². The highest BCUT2D eigenvalue weighted by molar-refractivity contribution is 8.00. The predicted molar refractivity (Wildman–Crippen MR) is 101 cm³/mol. The van der Waals surface area contributed by atoms with Gasteiger partial charge in [-0.05, 0) is 32.3 Å². The van der Waals surface area contributed by atoms with E-state index < -0.39 is 4.87 Å². The number of hydrogen-bond donors (Lipinski definition) is 0. The second-order valence-electron chi connectivity index (χ2n) is 6.65. The van der Waals surface area contributed by atoms with Crippen molar-refractivity contribution in [2.24, 2.45) is 0 Å². The SMILES string of the molecule is CCOC(=O)N1CCS[C@]1(C)[C@@H]1CCCN1C(=O)OCc1ccccc1. The standard InChI is InChI=1S/C19H26N2O4S/c1-3-24-18(23)21-12-13-26-19(21,2)16-10-7-11-20(16)17(22)25-14-15-8-5-4-6-9-15/h4-6,8-9,16H,3,7,10-14H2,1-2H3/t16-,19+/m0/s1. The van der Waals surface area contributed by atoms with Gasteiger partial charge in [-0.15, -0.1) is 11.8 Å². The van der Waals surface area contributed by atoms with E-state index in [2.05, 4.69) is 0 Å². The Kier molecular flexibility index (Phi) is 5.96. The summed E-state index contributed by atoms with van der Waals surface area (Å²) < 4.78 is 10.8. The van der Waals surface area contributed by atoms with Gasteiger partial charge < -0.3 is 14.4 Å². The van der Waals surface area contributed by atoms with Crippen molar-refractivity contribution < 1.29 is 19.1 Å². The molecule has 3 rings (SSSR count). The smallest absolute Gasteiger partial charge is 0.410 e. The van der Waals surface area contributed by atoms with E-state index >= 15 is 0 Å². The third kappa shape index (κ3) is 3.77. The zero-order valence-electron chi connectivity index (χ0n) is 15.3. The lowest BCUT2D eigenvalue weighted by Crippen LogP contribution is -2.57. The second kappa shape index (κ2) is 8.20. The topological polar surface area (TPSA) is 59.1 Å². The monoisotopic (exact) mass is 378 g/mol. The molecule has 2 saturated heterocycles. The predicted octanol–water partition coefficient (Wildman–Crippen LogP) is 3.71. The van der Waals surface area contributed by atoms with Crippen LogP contribution in [0.25, 0.3) is 0 Å². The molecular formula is C19H26N2O4S. The third-order valence-electron chi connectivity index (χ3n) is 5.04. The minimum absolute atomic E-state index is 0.0670. The summed E-state index contributed by atoms with van der Waals surface area (Å²) in [7, 11) is 0. The van der Waals surface area contributed by atoms with E-state index in [0.717, 1.165) is 24.2 Å². The van der Waals surface area contributed by atoms with E-state index in [1.165, 1.54) is 0 Å². The Labute approximate surface area is 158 Å². The van der Waals surface area contributed by atoms with E-state index in [1.54, 1.807) is 28.5 Å². The highest BCUT2D eigenvalue weighted by atomic mass is 32.2. The lowest BCUT2D eigenvalue weighted by atomic mass is 10.1. The quantitative estimate of drug-likeness (QED) is 0.799. The van der Waals surface area contributed by atoms with Crippen LogP contribution in [0.2, 0.25) is 0 Å². The molecule has 0 unspecified atom stereocenters. The minimum Gasteiger partial charge on any atom is -0.450 e. The van der Waals surface area contributed by atoms with Crippen LogP contribution < -0.4 is 0 Å². The molecule has 142 valence electrons. The van der Waals surface area contributed by atoms with Crippen LogP contribution in [0.15, 0.2) is 30.3 Å². The Balaban J connectivity index is 1.68. The average Bonchev–Trinajstić information content (AvgIpc) is 3.28. The number of benzene rings is 1. The number of hydrogen-bond acceptors (Lipinski definition) is 5. The number of thioether (sulfide) groups is 1. The van der Waals surface area contributed by atoms with Crippen molar-refractivity contribution in [3.8, 4) is 0 Å². The molecule has 26 heavy (non-hydrogen) atoms. The fourth-order valence-electron chi connectivity index (χ4n) is 3.74. The van der Waals surface area contributed by atoms with Crippen LogP contribution in [-0.2, 0) is 16.1 Å². The summed E-state index contributed by atoms with van der Waals surface area (Å²) in [4.78, 5) is 28.1. The summed E-state index contributed by atoms with van der Waals surface area (Å²) in [5, 5.41) is 0. The van der Waals surface area contributed by atoms with Gasteiger partial charge >= 0.3 is 12.2 Å². The van der Waals surface area contributed by atoms with Gasteiger partial charge in [-0.1, -0.05) is 30.3 Å². The minimum atomic E-state index is -0.478. The molecule has 1 aromatic carbocycles. The number of ether oxygens (including phenoxy) is 2. The van der Waals surface area contributed by atoms with E-state index in [9.17, 15) is 9.59 Å². The molecule has 2 aliphatic heterocycles. The lowest BCUT2D eigenvalue weighted by molar-refractivity contribution is 0.0514. The van der Waals surface area contributed by atoms with E-state index in [-0.39, 0.29) is 24.8 Å². The largest absolute Gasteiger partial charge is 0.450 e. The van der Waals surface area contributed by atoms with Crippen LogP contribution in [0.3, 0.4) is 0 Å². The van der Waals surface area contributed by atoms with Crippen molar-refractivity contribution in [2.75, 3.05) is 25.4 Å². The van der Waals surface area contributed by atoms with Gasteiger partial charge in [0.15, 0.2) is 0 Å². The van der Waals surface area contributed by atoms with Crippen LogP contribution in [0.5, 0.6) is 0 Å². The Morgan fingerprint density at radius 1 is 1.19 bits per heavy atom. The van der Waals surface area contributed by atoms with Crippen LogP contribution >= 0.6 is 11.8 Å². The lowest BCUT2D eigenvalue weighted by Gasteiger charge is -2.41. The van der Waals surface area contributed by atoms with Crippen LogP contribution in [0.4, 0.5) is 9.59 Å². The van der Waals surface area contributed by atoms with Gasteiger partial charge in [0, 0.05) is 18.8 Å². The van der Waals surface area contributed by atoms with E-state index in [1.807, 2.05) is 37.3 Å². The highest BCUT2D eigenvalue weighted by Gasteiger charge is 2.52. The number of carbonyl (C=O) groups excluding carboxylic acids is 2. The van der Waals surface area contributed by atoms with Crippen molar-refractivity contribution >= 4 is 23.9 Å². The molecule has 0 aromatic heterocycles. The number of nitrogens with zero attached hydrogens (tertiary/aromatic N) is 2. The van der Waals surface area contributed by atoms with E-state index in [0.29, 0.717) is 19.7 Å². The summed E-state index contributed by atoms with van der Waals surface area (Å²) in [6.45, 7) is 5.75. The third-order valence-corrected chi connectivity index (χ3v) is 6.51. The summed E-state index contributed by atoms with van der Waals surface area (Å²) >= 11 is 1.72. The molecule has 0 N–H and O–H groups in total. The van der Waals surface area contributed by atoms with Crippen molar-refractivity contribution in [3.63, 3.8) is 0 Å². The van der Waals surface area contributed by atoms with Crippen molar-refractivity contribution in [1.82, 2.24) is 9.80 Å². The Morgan fingerprint density at radius 3 is 2.69 bits per heavy atom. The molecule has 2 aliphatic rings. The van der Waals surface area contributed by atoms with Gasteiger partial charge in [-0.2, -0.15) is 0 Å². The molecule has 6 nitrogen and oxygen atoms in total. The van der Waals surface area contributed by atoms with E-state index in [4.69, 9.17) is 9.47 Å². The molecule has 2 atom stereocenters. The van der Waals surface area contributed by atoms with Crippen molar-refractivity contribution in [3.05, 3.63) is 35.9 Å². The second-order valence-corrected chi connectivity index (χ2v) is 8.17. The van der Waals surface area contributed by atoms with Crippen molar-refractivity contribution in [1.29, 1.82) is 0 Å². The van der Waals surface area contributed by atoms with Gasteiger partial charge in [0.1, 0.15) is 11.5 Å². The maximum atomic E-state index is 12.7. The maximum Gasteiger partial charge on any atom is 0.410 e. The van der Waals surface area contributed by atoms with Crippen LogP contribution in [-0.4, -0.2) is 58.3 Å². The molecular weight excluding hydrogens is 352 g/mol. The fraction of sp³-hybridized carbons (Fsp3) is 0.579. The zero-order valence-corrected chi connectivity index (χ0v) is 16.2. The van der Waals surface area contributed by atoms with Crippen LogP contribution in [0, 0.1) is 0 Å². The number of likely N-dealkylation sites (tertiary alicyclic amines) is 1. The van der Waals surface area contributed by atoms with Gasteiger partial charge in [0.2, 0.25) is 0 Å². The summed E-state index contributed by atoms with van der Waals surface area (Å²) in [5.74, 6) is 0.846. The molecule has 0 radical (unpaired) electrons. The Hall–Kier alpha value is -1.89. The first-order chi connectivity index (χ1) is 12.6. The highest BCUT2D eigenvalue weighted by Crippen LogP contribution is 2.44. The summed E-state index contributed by atoms with van der Waals surface area (Å²) in [5.41, 5.74) is 0.964. The molecule has 2 fully saturated rings. The first-order valence-electron chi connectivity index (χ1n) is 9.12. The first-order valence-corrected chi connectivity index (χ1v) is 10.1. The van der Waals surface area contributed by atoms with Crippen LogP contribution in [0.1, 0.15) is 32.3 Å². The summed E-state index contributed by atoms with van der Waals surface area (Å²) in [6.07, 6.45) is 1.16. The van der Waals surface area contributed by atoms with Gasteiger partial charge in [-0.25, -0.2) is 9.59 Å². The van der Waals surface area contributed by atoms with Crippen molar-refractivity contribution in [2.45, 2.75) is 44.2 Å². The first kappa shape index (κ1) is 18.9. The Bertz CT molecular complexity index is 642. The molecule has 0 bridgehead atoms. The molecule has 1 aromatic rings. The summed E-state index contributed by atoms with van der Waals surface area (Å²) in [6, 6.07) is 9.59.